The molecule has 0 aliphatic carbocycles. The Hall–Kier alpha value is -2.11. The maximum absolute atomic E-state index is 11.3. The molecule has 0 saturated heterocycles. The smallest absolute Gasteiger partial charge is 0.0910 e. The topological polar surface area (TPSA) is 58.3 Å². The maximum atomic E-state index is 11.3. The molecule has 0 aromatic heterocycles. The minimum Gasteiger partial charge on any atom is -0.392 e. The monoisotopic (exact) mass is 462 g/mol. The van der Waals surface area contributed by atoms with Crippen molar-refractivity contribution in [1.82, 2.24) is 5.32 Å². The van der Waals surface area contributed by atoms with Crippen LogP contribution in [0.2, 0.25) is 0 Å². The van der Waals surface area contributed by atoms with Crippen molar-refractivity contribution in [1.29, 1.82) is 0 Å². The predicted octanol–water partition coefficient (Wildman–Crippen LogP) is 5.57. The number of aliphatic hydroxyl groups is 1. The zero-order valence-electron chi connectivity index (χ0n) is 19.7. The molecule has 4 heteroatoms. The predicted molar refractivity (Wildman–Crippen MR) is 143 cm³/mol. The zero-order valence-corrected chi connectivity index (χ0v) is 20.5. The number of thioether (sulfide) groups is 1. The fraction of sp³-hybridized carbons (Fsp3) is 0.379. The Balaban J connectivity index is 1.92. The van der Waals surface area contributed by atoms with Crippen LogP contribution in [0.4, 0.5) is 0 Å². The lowest BCUT2D eigenvalue weighted by Crippen LogP contribution is -2.33. The van der Waals surface area contributed by atoms with E-state index in [1.807, 2.05) is 11.8 Å². The number of rotatable bonds is 14. The Morgan fingerprint density at radius 1 is 0.788 bits per heavy atom. The van der Waals surface area contributed by atoms with Gasteiger partial charge in [0.1, 0.15) is 0 Å². The summed E-state index contributed by atoms with van der Waals surface area (Å²) in [4.78, 5) is 0. The molecular formula is C29H38N2OS. The van der Waals surface area contributed by atoms with Crippen LogP contribution in [0.3, 0.4) is 0 Å². The first kappa shape index (κ1) is 25.5. The fourth-order valence-corrected chi connectivity index (χ4v) is 6.13. The summed E-state index contributed by atoms with van der Waals surface area (Å²) < 4.78 is -0.395. The first-order valence-corrected chi connectivity index (χ1v) is 13.0. The quantitative estimate of drug-likeness (QED) is 0.217. The highest BCUT2D eigenvalue weighted by Gasteiger charge is 2.40. The van der Waals surface area contributed by atoms with Gasteiger partial charge in [0.2, 0.25) is 0 Å². The lowest BCUT2D eigenvalue weighted by Gasteiger charge is -2.39. The molecule has 0 fully saturated rings. The molecule has 4 N–H and O–H groups in total. The van der Waals surface area contributed by atoms with E-state index in [9.17, 15) is 5.11 Å². The average molecular weight is 463 g/mol. The molecule has 2 unspecified atom stereocenters. The number of hydrogen-bond donors (Lipinski definition) is 3. The molecule has 0 radical (unpaired) electrons. The van der Waals surface area contributed by atoms with Gasteiger partial charge in [0.25, 0.3) is 0 Å². The SMILES string of the molecule is CCC(SC(c1ccccc1)(c1ccccc1)c1ccccc1)C(O)CCCCNCCN. The molecule has 0 spiro atoms. The van der Waals surface area contributed by atoms with Gasteiger partial charge in [0.05, 0.1) is 10.9 Å². The van der Waals surface area contributed by atoms with E-state index in [0.29, 0.717) is 6.54 Å². The molecule has 176 valence electrons. The molecule has 33 heavy (non-hydrogen) atoms. The van der Waals surface area contributed by atoms with Gasteiger partial charge in [0, 0.05) is 18.3 Å². The summed E-state index contributed by atoms with van der Waals surface area (Å²) in [6.45, 7) is 4.66. The molecule has 3 aromatic carbocycles. The van der Waals surface area contributed by atoms with E-state index < -0.39 is 4.75 Å². The first-order valence-electron chi connectivity index (χ1n) is 12.2. The highest BCUT2D eigenvalue weighted by Crippen LogP contribution is 2.51. The van der Waals surface area contributed by atoms with Gasteiger partial charge in [-0.3, -0.25) is 0 Å². The summed E-state index contributed by atoms with van der Waals surface area (Å²) in [5.41, 5.74) is 9.27. The van der Waals surface area contributed by atoms with Crippen LogP contribution < -0.4 is 11.1 Å². The zero-order chi connectivity index (χ0) is 23.4. The number of unbranched alkanes of at least 4 members (excludes halogenated alkanes) is 1. The fourth-order valence-electron chi connectivity index (χ4n) is 4.40. The number of hydrogen-bond acceptors (Lipinski definition) is 4. The van der Waals surface area contributed by atoms with Gasteiger partial charge in [-0.05, 0) is 48.9 Å². The third-order valence-corrected chi connectivity index (χ3v) is 8.14. The normalized spacial score (nSPS) is 13.5. The Kier molecular flexibility index (Phi) is 10.5. The Morgan fingerprint density at radius 2 is 1.27 bits per heavy atom. The minimum atomic E-state index is -0.395. The van der Waals surface area contributed by atoms with Gasteiger partial charge in [-0.25, -0.2) is 0 Å². The summed E-state index contributed by atoms with van der Waals surface area (Å²) in [6, 6.07) is 32.2. The van der Waals surface area contributed by atoms with Gasteiger partial charge in [-0.2, -0.15) is 0 Å². The van der Waals surface area contributed by atoms with Crippen molar-refractivity contribution >= 4 is 11.8 Å². The number of aliphatic hydroxyl groups excluding tert-OH is 1. The number of nitrogens with one attached hydrogen (secondary N) is 1. The van der Waals surface area contributed by atoms with Crippen LogP contribution in [0.25, 0.3) is 0 Å². The van der Waals surface area contributed by atoms with E-state index in [2.05, 4.69) is 103 Å². The molecule has 0 amide bonds. The van der Waals surface area contributed by atoms with Gasteiger partial charge >= 0.3 is 0 Å². The van der Waals surface area contributed by atoms with Crippen molar-refractivity contribution < 1.29 is 5.11 Å². The van der Waals surface area contributed by atoms with Crippen molar-refractivity contribution in [2.24, 2.45) is 5.73 Å². The van der Waals surface area contributed by atoms with E-state index in [4.69, 9.17) is 5.73 Å². The molecule has 0 heterocycles. The third-order valence-electron chi connectivity index (χ3n) is 6.13. The van der Waals surface area contributed by atoms with Gasteiger partial charge in [0.15, 0.2) is 0 Å². The maximum Gasteiger partial charge on any atom is 0.0910 e. The molecule has 0 aliphatic heterocycles. The summed E-state index contributed by atoms with van der Waals surface area (Å²) in [5, 5.41) is 14.7. The van der Waals surface area contributed by atoms with E-state index in [1.54, 1.807) is 0 Å². The van der Waals surface area contributed by atoms with E-state index in [1.165, 1.54) is 16.7 Å². The molecule has 3 nitrogen and oxygen atoms in total. The second-order valence-corrected chi connectivity index (χ2v) is 9.90. The highest BCUT2D eigenvalue weighted by molar-refractivity contribution is 8.01. The summed E-state index contributed by atoms with van der Waals surface area (Å²) in [6.07, 6.45) is 3.42. The van der Waals surface area contributed by atoms with Crippen LogP contribution in [-0.2, 0) is 4.75 Å². The summed E-state index contributed by atoms with van der Waals surface area (Å²) in [5.74, 6) is 0. The molecule has 3 rings (SSSR count). The van der Waals surface area contributed by atoms with Crippen LogP contribution in [0.15, 0.2) is 91.0 Å². The minimum absolute atomic E-state index is 0.114. The second kappa shape index (κ2) is 13.6. The van der Waals surface area contributed by atoms with Crippen LogP contribution in [0.1, 0.15) is 49.3 Å². The molecule has 0 bridgehead atoms. The van der Waals surface area contributed by atoms with Crippen LogP contribution in [-0.4, -0.2) is 36.1 Å². The Bertz CT molecular complexity index is 808. The Labute approximate surface area is 203 Å². The van der Waals surface area contributed by atoms with Crippen molar-refractivity contribution in [3.05, 3.63) is 108 Å². The average Bonchev–Trinajstić information content (AvgIpc) is 2.88. The van der Waals surface area contributed by atoms with Crippen molar-refractivity contribution in [2.45, 2.75) is 48.7 Å². The molecular weight excluding hydrogens is 424 g/mol. The third kappa shape index (κ3) is 6.70. The van der Waals surface area contributed by atoms with Crippen molar-refractivity contribution in [3.63, 3.8) is 0 Å². The largest absolute Gasteiger partial charge is 0.392 e. The van der Waals surface area contributed by atoms with Crippen molar-refractivity contribution in [3.8, 4) is 0 Å². The van der Waals surface area contributed by atoms with Crippen molar-refractivity contribution in [2.75, 3.05) is 19.6 Å². The molecule has 0 saturated carbocycles. The van der Waals surface area contributed by atoms with Gasteiger partial charge in [-0.15, -0.1) is 11.8 Å². The van der Waals surface area contributed by atoms with Crippen LogP contribution in [0.5, 0.6) is 0 Å². The van der Waals surface area contributed by atoms with E-state index in [-0.39, 0.29) is 11.4 Å². The lowest BCUT2D eigenvalue weighted by atomic mass is 9.84. The van der Waals surface area contributed by atoms with Gasteiger partial charge in [-0.1, -0.05) is 97.9 Å². The van der Waals surface area contributed by atoms with Gasteiger partial charge < -0.3 is 16.2 Å². The van der Waals surface area contributed by atoms with E-state index in [0.717, 1.165) is 38.8 Å². The first-order chi connectivity index (χ1) is 16.2. The standard InChI is InChI=1S/C29H38N2OS/c1-2-28(27(32)20-12-13-22-31-23-21-30)33-29(24-14-6-3-7-15-24,25-16-8-4-9-17-25)26-18-10-5-11-19-26/h3-11,14-19,27-28,31-32H,2,12-13,20-23,30H2,1H3. The number of benzene rings is 3. The molecule has 3 aromatic rings. The Morgan fingerprint density at radius 3 is 1.70 bits per heavy atom. The molecule has 0 aliphatic rings. The second-order valence-electron chi connectivity index (χ2n) is 8.45. The van der Waals surface area contributed by atoms with E-state index >= 15 is 0 Å². The highest BCUT2D eigenvalue weighted by atomic mass is 32.2. The number of nitrogens with two attached hydrogens (primary N) is 1. The van der Waals surface area contributed by atoms with Crippen LogP contribution in [0, 0.1) is 0 Å². The molecule has 2 atom stereocenters. The lowest BCUT2D eigenvalue weighted by molar-refractivity contribution is 0.156. The summed E-state index contributed by atoms with van der Waals surface area (Å²) >= 11 is 1.89. The summed E-state index contributed by atoms with van der Waals surface area (Å²) in [7, 11) is 0. The van der Waals surface area contributed by atoms with Crippen LogP contribution >= 0.6 is 11.8 Å².